The highest BCUT2D eigenvalue weighted by molar-refractivity contribution is 5.74. The molecular weight excluding hydrogens is 304 g/mol. The predicted molar refractivity (Wildman–Crippen MR) is 96.1 cm³/mol. The first kappa shape index (κ1) is 18.5. The van der Waals surface area contributed by atoms with Gasteiger partial charge in [0.05, 0.1) is 0 Å². The molecule has 0 aromatic carbocycles. The van der Waals surface area contributed by atoms with Crippen LogP contribution in [0.3, 0.4) is 0 Å². The maximum Gasteiger partial charge on any atom is 0.315 e. The smallest absolute Gasteiger partial charge is 0.315 e. The van der Waals surface area contributed by atoms with Gasteiger partial charge in [-0.3, -0.25) is 0 Å². The van der Waals surface area contributed by atoms with Crippen molar-refractivity contribution in [2.75, 3.05) is 24.6 Å². The summed E-state index contributed by atoms with van der Waals surface area (Å²) in [5.41, 5.74) is 1.06. The highest BCUT2D eigenvalue weighted by atomic mass is 16.3. The Morgan fingerprint density at radius 1 is 1.33 bits per heavy atom. The van der Waals surface area contributed by atoms with E-state index in [2.05, 4.69) is 26.6 Å². The van der Waals surface area contributed by atoms with E-state index in [-0.39, 0.29) is 18.7 Å². The second-order valence-electron chi connectivity index (χ2n) is 6.52. The first-order chi connectivity index (χ1) is 11.7. The third kappa shape index (κ3) is 6.35. The number of nitrogens with zero attached hydrogens (tertiary/aromatic N) is 2. The van der Waals surface area contributed by atoms with E-state index in [4.69, 9.17) is 5.11 Å². The molecule has 6 nitrogen and oxygen atoms in total. The minimum atomic E-state index is -0.173. The Labute approximate surface area is 144 Å². The van der Waals surface area contributed by atoms with Crippen LogP contribution < -0.4 is 15.5 Å². The Bertz CT molecular complexity index is 502. The number of rotatable bonds is 7. The maximum absolute atomic E-state index is 11.9. The molecule has 1 aromatic heterocycles. The van der Waals surface area contributed by atoms with Crippen LogP contribution in [0.4, 0.5) is 10.6 Å². The molecule has 0 aliphatic carbocycles. The number of aliphatic hydroxyl groups is 1. The lowest BCUT2D eigenvalue weighted by atomic mass is 10.2. The van der Waals surface area contributed by atoms with Gasteiger partial charge >= 0.3 is 6.03 Å². The quantitative estimate of drug-likeness (QED) is 0.716. The fourth-order valence-electron chi connectivity index (χ4n) is 2.97. The molecule has 2 heterocycles. The minimum absolute atomic E-state index is 0.0576. The summed E-state index contributed by atoms with van der Waals surface area (Å²) in [4.78, 5) is 18.7. The third-order valence-corrected chi connectivity index (χ3v) is 4.37. The van der Waals surface area contributed by atoms with Gasteiger partial charge < -0.3 is 20.6 Å². The van der Waals surface area contributed by atoms with Crippen molar-refractivity contribution in [2.45, 2.75) is 58.0 Å². The molecule has 0 radical (unpaired) electrons. The van der Waals surface area contributed by atoms with E-state index in [1.54, 1.807) is 0 Å². The minimum Gasteiger partial charge on any atom is -0.396 e. The lowest BCUT2D eigenvalue weighted by Gasteiger charge is -2.22. The molecule has 0 bridgehead atoms. The molecule has 1 saturated heterocycles. The Balaban J connectivity index is 1.82. The van der Waals surface area contributed by atoms with Gasteiger partial charge in [0.2, 0.25) is 0 Å². The molecule has 1 atom stereocenters. The molecule has 24 heavy (non-hydrogen) atoms. The Morgan fingerprint density at radius 2 is 2.08 bits per heavy atom. The second-order valence-corrected chi connectivity index (χ2v) is 6.52. The molecule has 0 spiro atoms. The first-order valence-electron chi connectivity index (χ1n) is 9.04. The highest BCUT2D eigenvalue weighted by Crippen LogP contribution is 2.18. The van der Waals surface area contributed by atoms with E-state index in [0.717, 1.165) is 30.9 Å². The average Bonchev–Trinajstić information content (AvgIpc) is 2.88. The summed E-state index contributed by atoms with van der Waals surface area (Å²) in [6.45, 7) is 4.71. The molecule has 0 saturated carbocycles. The van der Waals surface area contributed by atoms with Crippen molar-refractivity contribution < 1.29 is 9.90 Å². The summed E-state index contributed by atoms with van der Waals surface area (Å²) >= 11 is 0. The lowest BCUT2D eigenvalue weighted by Crippen LogP contribution is -2.40. The number of carbonyl (C=O) groups excluding carboxylic acids is 1. The zero-order valence-electron chi connectivity index (χ0n) is 14.6. The van der Waals surface area contributed by atoms with Crippen LogP contribution in [0.15, 0.2) is 18.3 Å². The van der Waals surface area contributed by atoms with E-state index in [9.17, 15) is 4.79 Å². The molecular formula is C18H30N4O2. The molecule has 134 valence electrons. The number of pyridine rings is 1. The van der Waals surface area contributed by atoms with Gasteiger partial charge in [-0.15, -0.1) is 0 Å². The first-order valence-corrected chi connectivity index (χ1v) is 9.04. The number of amides is 2. The Morgan fingerprint density at radius 3 is 2.79 bits per heavy atom. The van der Waals surface area contributed by atoms with Crippen LogP contribution in [0.2, 0.25) is 0 Å². The van der Waals surface area contributed by atoms with Crippen molar-refractivity contribution in [1.29, 1.82) is 0 Å². The number of aliphatic hydroxyl groups excluding tert-OH is 1. The zero-order chi connectivity index (χ0) is 17.2. The van der Waals surface area contributed by atoms with Crippen LogP contribution >= 0.6 is 0 Å². The number of hydrogen-bond acceptors (Lipinski definition) is 4. The number of anilines is 1. The SMILES string of the molecule is CC(CCCO)NC(=O)NCc1ccnc(N2CCCCCC2)c1. The number of nitrogens with one attached hydrogen (secondary N) is 2. The van der Waals surface area contributed by atoms with Crippen molar-refractivity contribution in [1.82, 2.24) is 15.6 Å². The van der Waals surface area contributed by atoms with Gasteiger partial charge in [-0.25, -0.2) is 9.78 Å². The number of aromatic nitrogens is 1. The van der Waals surface area contributed by atoms with E-state index >= 15 is 0 Å². The molecule has 3 N–H and O–H groups in total. The molecule has 1 fully saturated rings. The zero-order valence-corrected chi connectivity index (χ0v) is 14.6. The summed E-state index contributed by atoms with van der Waals surface area (Å²) in [7, 11) is 0. The summed E-state index contributed by atoms with van der Waals surface area (Å²) < 4.78 is 0. The van der Waals surface area contributed by atoms with Crippen molar-refractivity contribution in [3.05, 3.63) is 23.9 Å². The molecule has 1 unspecified atom stereocenters. The standard InChI is InChI=1S/C18H30N4O2/c1-15(7-6-12-23)21-18(24)20-14-16-8-9-19-17(13-16)22-10-4-2-3-5-11-22/h8-9,13,15,23H,2-7,10-12,14H2,1H3,(H2,20,21,24). The number of hydrogen-bond donors (Lipinski definition) is 3. The van der Waals surface area contributed by atoms with Gasteiger partial charge in [0.1, 0.15) is 5.82 Å². The van der Waals surface area contributed by atoms with Crippen LogP contribution in [0.25, 0.3) is 0 Å². The lowest BCUT2D eigenvalue weighted by molar-refractivity contribution is 0.234. The van der Waals surface area contributed by atoms with Gasteiger partial charge in [0.25, 0.3) is 0 Å². The van der Waals surface area contributed by atoms with Crippen LogP contribution in [0.5, 0.6) is 0 Å². The van der Waals surface area contributed by atoms with E-state index < -0.39 is 0 Å². The van der Waals surface area contributed by atoms with Crippen molar-refractivity contribution in [3.63, 3.8) is 0 Å². The molecule has 1 aliphatic rings. The van der Waals surface area contributed by atoms with Crippen LogP contribution in [0.1, 0.15) is 51.0 Å². The van der Waals surface area contributed by atoms with Gasteiger partial charge in [0.15, 0.2) is 0 Å². The van der Waals surface area contributed by atoms with Crippen molar-refractivity contribution in [3.8, 4) is 0 Å². The van der Waals surface area contributed by atoms with Crippen LogP contribution in [-0.2, 0) is 6.54 Å². The monoisotopic (exact) mass is 334 g/mol. The second kappa shape index (κ2) is 10.1. The average molecular weight is 334 g/mol. The summed E-state index contributed by atoms with van der Waals surface area (Å²) in [5.74, 6) is 1.01. The van der Waals surface area contributed by atoms with Gasteiger partial charge in [-0.05, 0) is 50.3 Å². The largest absolute Gasteiger partial charge is 0.396 e. The van der Waals surface area contributed by atoms with E-state index in [1.807, 2.05) is 19.2 Å². The maximum atomic E-state index is 11.9. The Hall–Kier alpha value is -1.82. The Kier molecular flexibility index (Phi) is 7.82. The van der Waals surface area contributed by atoms with E-state index in [0.29, 0.717) is 13.0 Å². The molecule has 1 aliphatic heterocycles. The molecule has 1 aromatic rings. The van der Waals surface area contributed by atoms with E-state index in [1.165, 1.54) is 25.7 Å². The van der Waals surface area contributed by atoms with Crippen molar-refractivity contribution >= 4 is 11.8 Å². The summed E-state index contributed by atoms with van der Waals surface area (Å²) in [6, 6.07) is 3.90. The van der Waals surface area contributed by atoms with Gasteiger partial charge in [-0.1, -0.05) is 12.8 Å². The fourth-order valence-corrected chi connectivity index (χ4v) is 2.97. The molecule has 2 rings (SSSR count). The van der Waals surface area contributed by atoms with Crippen LogP contribution in [-0.4, -0.2) is 41.9 Å². The predicted octanol–water partition coefficient (Wildman–Crippen LogP) is 2.42. The summed E-state index contributed by atoms with van der Waals surface area (Å²) in [5, 5.41) is 14.6. The highest BCUT2D eigenvalue weighted by Gasteiger charge is 2.12. The third-order valence-electron chi connectivity index (χ3n) is 4.37. The van der Waals surface area contributed by atoms with Crippen molar-refractivity contribution in [2.24, 2.45) is 0 Å². The topological polar surface area (TPSA) is 77.5 Å². The van der Waals surface area contributed by atoms with Crippen LogP contribution in [0, 0.1) is 0 Å². The fraction of sp³-hybridized carbons (Fsp3) is 0.667. The molecule has 2 amide bonds. The van der Waals surface area contributed by atoms with Gasteiger partial charge in [0, 0.05) is 38.5 Å². The normalized spacial score (nSPS) is 16.3. The summed E-state index contributed by atoms with van der Waals surface area (Å²) in [6.07, 6.45) is 8.33. The number of urea groups is 1. The molecule has 6 heteroatoms. The number of carbonyl (C=O) groups is 1. The van der Waals surface area contributed by atoms with Gasteiger partial charge in [-0.2, -0.15) is 0 Å².